The minimum absolute atomic E-state index is 0.899. The first-order valence-corrected chi connectivity index (χ1v) is 19.4. The van der Waals surface area contributed by atoms with Gasteiger partial charge in [0.25, 0.3) is 0 Å². The zero-order valence-electron chi connectivity index (χ0n) is 31.1. The van der Waals surface area contributed by atoms with E-state index < -0.39 is 0 Å². The highest BCUT2D eigenvalue weighted by molar-refractivity contribution is 6.12. The van der Waals surface area contributed by atoms with E-state index in [1.54, 1.807) is 0 Å². The van der Waals surface area contributed by atoms with Gasteiger partial charge in [-0.3, -0.25) is 0 Å². The third-order valence-corrected chi connectivity index (χ3v) is 11.2. The van der Waals surface area contributed by atoms with Crippen molar-refractivity contribution in [3.05, 3.63) is 218 Å². The Morgan fingerprint density at radius 1 is 0.333 bits per heavy atom. The Bertz CT molecular complexity index is 3170. The van der Waals surface area contributed by atoms with Crippen LogP contribution in [0.15, 0.2) is 223 Å². The maximum Gasteiger partial charge on any atom is 0.136 e. The molecule has 0 aliphatic rings. The fourth-order valence-electron chi connectivity index (χ4n) is 8.54. The molecule has 9 aromatic carbocycles. The Hall–Kier alpha value is -7.62. The summed E-state index contributed by atoms with van der Waals surface area (Å²) in [5, 5.41) is 4.81. The zero-order chi connectivity index (χ0) is 37.7. The molecule has 0 saturated heterocycles. The second-order valence-electron chi connectivity index (χ2n) is 14.5. The molecule has 0 unspecified atom stereocenters. The minimum Gasteiger partial charge on any atom is -0.456 e. The van der Waals surface area contributed by atoms with Gasteiger partial charge in [-0.1, -0.05) is 146 Å². The Balaban J connectivity index is 0.916. The number of anilines is 3. The van der Waals surface area contributed by atoms with Crippen LogP contribution in [0.1, 0.15) is 0 Å². The zero-order valence-corrected chi connectivity index (χ0v) is 31.1. The summed E-state index contributed by atoms with van der Waals surface area (Å²) in [4.78, 5) is 2.33. The summed E-state index contributed by atoms with van der Waals surface area (Å²) in [5.41, 5.74) is 15.7. The van der Waals surface area contributed by atoms with Gasteiger partial charge in [0.2, 0.25) is 0 Å². The van der Waals surface area contributed by atoms with Crippen LogP contribution in [0.4, 0.5) is 17.1 Å². The molecule has 57 heavy (non-hydrogen) atoms. The molecule has 0 spiro atoms. The normalized spacial score (nSPS) is 11.5. The van der Waals surface area contributed by atoms with Crippen LogP contribution < -0.4 is 4.90 Å². The second-order valence-corrected chi connectivity index (χ2v) is 14.5. The number of fused-ring (bicyclic) bond motifs is 6. The van der Waals surface area contributed by atoms with Gasteiger partial charge in [-0.05, 0) is 106 Å². The number of rotatable bonds is 7. The van der Waals surface area contributed by atoms with Crippen LogP contribution in [-0.2, 0) is 0 Å². The Kier molecular flexibility index (Phi) is 7.82. The maximum absolute atomic E-state index is 6.24. The smallest absolute Gasteiger partial charge is 0.136 e. The van der Waals surface area contributed by atoms with E-state index in [2.05, 4.69) is 216 Å². The second kappa shape index (κ2) is 13.6. The molecule has 0 amide bonds. The molecule has 0 bridgehead atoms. The van der Waals surface area contributed by atoms with E-state index in [-0.39, 0.29) is 0 Å². The molecule has 3 heteroatoms. The highest BCUT2D eigenvalue weighted by Gasteiger charge is 2.17. The van der Waals surface area contributed by atoms with Crippen molar-refractivity contribution in [2.45, 2.75) is 0 Å². The van der Waals surface area contributed by atoms with Crippen LogP contribution in [0.3, 0.4) is 0 Å². The van der Waals surface area contributed by atoms with Crippen molar-refractivity contribution in [1.29, 1.82) is 0 Å². The summed E-state index contributed by atoms with van der Waals surface area (Å²) in [6.07, 6.45) is 0. The van der Waals surface area contributed by atoms with Crippen molar-refractivity contribution in [2.75, 3.05) is 4.90 Å². The molecule has 11 aromatic rings. The number of hydrogen-bond acceptors (Lipinski definition) is 2. The first-order valence-electron chi connectivity index (χ1n) is 19.4. The summed E-state index contributed by atoms with van der Waals surface area (Å²) in [5.74, 6) is 0. The highest BCUT2D eigenvalue weighted by Crippen LogP contribution is 2.41. The van der Waals surface area contributed by atoms with Gasteiger partial charge in [0.05, 0.1) is 11.0 Å². The molecule has 3 nitrogen and oxygen atoms in total. The van der Waals surface area contributed by atoms with Crippen molar-refractivity contribution in [3.63, 3.8) is 0 Å². The highest BCUT2D eigenvalue weighted by atomic mass is 16.3. The van der Waals surface area contributed by atoms with E-state index in [1.165, 1.54) is 44.1 Å². The summed E-state index contributed by atoms with van der Waals surface area (Å²) in [6, 6.07) is 78.1. The molecule has 0 aliphatic carbocycles. The molecule has 0 aliphatic heterocycles. The molecule has 2 heterocycles. The van der Waals surface area contributed by atoms with Crippen LogP contribution in [0.5, 0.6) is 0 Å². The van der Waals surface area contributed by atoms with Gasteiger partial charge in [-0.25, -0.2) is 0 Å². The summed E-state index contributed by atoms with van der Waals surface area (Å²) in [6.45, 7) is 0. The van der Waals surface area contributed by atoms with Gasteiger partial charge < -0.3 is 13.9 Å². The van der Waals surface area contributed by atoms with Gasteiger partial charge in [-0.2, -0.15) is 0 Å². The molecule has 2 aromatic heterocycles. The average Bonchev–Trinajstić information content (AvgIpc) is 3.84. The Labute approximate surface area is 330 Å². The van der Waals surface area contributed by atoms with Gasteiger partial charge in [0, 0.05) is 44.3 Å². The fraction of sp³-hybridized carbons (Fsp3) is 0. The van der Waals surface area contributed by atoms with Gasteiger partial charge >= 0.3 is 0 Å². The molecule has 0 radical (unpaired) electrons. The third kappa shape index (κ3) is 5.68. The van der Waals surface area contributed by atoms with E-state index in [1.807, 2.05) is 12.1 Å². The molecule has 0 N–H and O–H groups in total. The fourth-order valence-corrected chi connectivity index (χ4v) is 8.54. The summed E-state index contributed by atoms with van der Waals surface area (Å²) >= 11 is 0. The quantitative estimate of drug-likeness (QED) is 0.163. The van der Waals surface area contributed by atoms with E-state index >= 15 is 0 Å². The lowest BCUT2D eigenvalue weighted by molar-refractivity contribution is 0.669. The summed E-state index contributed by atoms with van der Waals surface area (Å²) in [7, 11) is 0. The van der Waals surface area contributed by atoms with E-state index in [0.29, 0.717) is 0 Å². The molecule has 268 valence electrons. The predicted molar refractivity (Wildman–Crippen MR) is 239 cm³/mol. The van der Waals surface area contributed by atoms with Gasteiger partial charge in [0.1, 0.15) is 11.2 Å². The summed E-state index contributed by atoms with van der Waals surface area (Å²) < 4.78 is 8.62. The molecular formula is C54H36N2O. The first kappa shape index (κ1) is 32.8. The molecule has 0 saturated carbocycles. The topological polar surface area (TPSA) is 21.3 Å². The molecule has 0 atom stereocenters. The van der Waals surface area contributed by atoms with Crippen LogP contribution in [0, 0.1) is 0 Å². The Morgan fingerprint density at radius 2 is 0.860 bits per heavy atom. The van der Waals surface area contributed by atoms with Crippen LogP contribution >= 0.6 is 0 Å². The van der Waals surface area contributed by atoms with Crippen LogP contribution in [0.25, 0.3) is 82.8 Å². The lowest BCUT2D eigenvalue weighted by atomic mass is 9.98. The van der Waals surface area contributed by atoms with Crippen LogP contribution in [-0.4, -0.2) is 4.57 Å². The standard InChI is InChI=1S/C54H36N2O/c1-2-15-42(16-3-1)55(44-17-11-14-41(36-44)46-22-12-26-53-54(46)49-21-6-9-25-52(49)57-53)43-33-31-38(32-34-43)37-27-29-39(30-28-37)40-13-10-18-45(35-40)56-50-23-7-4-19-47(50)48-20-5-8-24-51(48)56/h1-36H. The minimum atomic E-state index is 0.899. The number of para-hydroxylation sites is 4. The number of aromatic nitrogens is 1. The third-order valence-electron chi connectivity index (χ3n) is 11.2. The monoisotopic (exact) mass is 728 g/mol. The van der Waals surface area contributed by atoms with E-state index in [0.717, 1.165) is 55.8 Å². The first-order chi connectivity index (χ1) is 28.3. The number of benzene rings is 9. The number of furan rings is 1. The Morgan fingerprint density at radius 3 is 1.60 bits per heavy atom. The lowest BCUT2D eigenvalue weighted by Gasteiger charge is -2.26. The van der Waals surface area contributed by atoms with Crippen molar-refractivity contribution < 1.29 is 4.42 Å². The molecule has 11 rings (SSSR count). The molecular weight excluding hydrogens is 693 g/mol. The van der Waals surface area contributed by atoms with Crippen molar-refractivity contribution in [3.8, 4) is 39.1 Å². The predicted octanol–water partition coefficient (Wildman–Crippen LogP) is 15.2. The van der Waals surface area contributed by atoms with Crippen molar-refractivity contribution in [1.82, 2.24) is 4.57 Å². The molecule has 0 fully saturated rings. The van der Waals surface area contributed by atoms with E-state index in [9.17, 15) is 0 Å². The maximum atomic E-state index is 6.24. The number of hydrogen-bond donors (Lipinski definition) is 0. The average molecular weight is 729 g/mol. The van der Waals surface area contributed by atoms with Gasteiger partial charge in [0.15, 0.2) is 0 Å². The van der Waals surface area contributed by atoms with Crippen molar-refractivity contribution in [2.24, 2.45) is 0 Å². The van der Waals surface area contributed by atoms with Crippen molar-refractivity contribution >= 4 is 60.8 Å². The van der Waals surface area contributed by atoms with Crippen LogP contribution in [0.2, 0.25) is 0 Å². The largest absolute Gasteiger partial charge is 0.456 e. The lowest BCUT2D eigenvalue weighted by Crippen LogP contribution is -2.09. The van der Waals surface area contributed by atoms with E-state index in [4.69, 9.17) is 4.42 Å². The number of nitrogens with zero attached hydrogens (tertiary/aromatic N) is 2. The SMILES string of the molecule is c1ccc(N(c2ccc(-c3ccc(-c4cccc(-n5c6ccccc6c6ccccc65)c4)cc3)cc2)c2cccc(-c3cccc4oc5ccccc5c34)c2)cc1. The van der Waals surface area contributed by atoms with Gasteiger partial charge in [-0.15, -0.1) is 0 Å².